The maximum atomic E-state index is 13.0. The highest BCUT2D eigenvalue weighted by atomic mass is 19.3. The Morgan fingerprint density at radius 3 is 2.82 bits per heavy atom. The van der Waals surface area contributed by atoms with Crippen molar-refractivity contribution in [3.63, 3.8) is 0 Å². The molecule has 0 amide bonds. The topological polar surface area (TPSA) is 38.0 Å². The fourth-order valence-electron chi connectivity index (χ4n) is 2.62. The van der Waals surface area contributed by atoms with Crippen molar-refractivity contribution in [3.05, 3.63) is 17.5 Å². The molecule has 1 fully saturated rings. The monoisotopic (exact) mass is 244 g/mol. The number of aliphatic hydroxyl groups excluding tert-OH is 1. The standard InChI is InChI=1S/C12H18F2N2O/c1-8-5-10(16(2)15-8)11(17)6-9-3-4-12(13,14)7-9/h5,9,11,17H,3-4,6-7H2,1-2H3. The zero-order chi connectivity index (χ0) is 12.6. The molecule has 96 valence electrons. The first-order valence-corrected chi connectivity index (χ1v) is 5.94. The van der Waals surface area contributed by atoms with Crippen LogP contribution in [-0.2, 0) is 7.05 Å². The highest BCUT2D eigenvalue weighted by molar-refractivity contribution is 5.11. The van der Waals surface area contributed by atoms with Gasteiger partial charge in [0.2, 0.25) is 5.92 Å². The summed E-state index contributed by atoms with van der Waals surface area (Å²) in [5, 5.41) is 14.2. The molecule has 1 N–H and O–H groups in total. The quantitative estimate of drug-likeness (QED) is 0.887. The van der Waals surface area contributed by atoms with Gasteiger partial charge in [0.15, 0.2) is 0 Å². The van der Waals surface area contributed by atoms with Gasteiger partial charge in [-0.25, -0.2) is 8.78 Å². The lowest BCUT2D eigenvalue weighted by Crippen LogP contribution is -2.12. The third-order valence-electron chi connectivity index (χ3n) is 3.44. The lowest BCUT2D eigenvalue weighted by atomic mass is 9.98. The zero-order valence-electron chi connectivity index (χ0n) is 10.2. The van der Waals surface area contributed by atoms with E-state index >= 15 is 0 Å². The van der Waals surface area contributed by atoms with Gasteiger partial charge in [0, 0.05) is 19.9 Å². The van der Waals surface area contributed by atoms with E-state index in [1.54, 1.807) is 17.8 Å². The van der Waals surface area contributed by atoms with Crippen molar-refractivity contribution >= 4 is 0 Å². The molecule has 2 atom stereocenters. The second-order valence-electron chi connectivity index (χ2n) is 5.05. The van der Waals surface area contributed by atoms with Crippen LogP contribution in [0.2, 0.25) is 0 Å². The van der Waals surface area contributed by atoms with Gasteiger partial charge in [-0.15, -0.1) is 0 Å². The van der Waals surface area contributed by atoms with Crippen LogP contribution in [0.5, 0.6) is 0 Å². The Morgan fingerprint density at radius 2 is 2.35 bits per heavy atom. The maximum Gasteiger partial charge on any atom is 0.248 e. The largest absolute Gasteiger partial charge is 0.387 e. The van der Waals surface area contributed by atoms with Gasteiger partial charge >= 0.3 is 0 Å². The molecule has 2 unspecified atom stereocenters. The van der Waals surface area contributed by atoms with Crippen molar-refractivity contribution < 1.29 is 13.9 Å². The molecule has 0 aromatic carbocycles. The number of aliphatic hydroxyl groups is 1. The summed E-state index contributed by atoms with van der Waals surface area (Å²) in [6, 6.07) is 1.80. The minimum absolute atomic E-state index is 0.0468. The van der Waals surface area contributed by atoms with Gasteiger partial charge in [0.1, 0.15) is 0 Å². The minimum atomic E-state index is -2.53. The van der Waals surface area contributed by atoms with Crippen LogP contribution in [0.15, 0.2) is 6.07 Å². The smallest absolute Gasteiger partial charge is 0.248 e. The van der Waals surface area contributed by atoms with Gasteiger partial charge in [-0.1, -0.05) is 0 Å². The number of hydrogen-bond acceptors (Lipinski definition) is 2. The van der Waals surface area contributed by atoms with E-state index in [1.807, 2.05) is 6.92 Å². The first-order valence-electron chi connectivity index (χ1n) is 5.94. The van der Waals surface area contributed by atoms with Crippen molar-refractivity contribution in [2.45, 2.75) is 44.6 Å². The first-order chi connectivity index (χ1) is 7.87. The predicted molar refractivity (Wildman–Crippen MR) is 59.8 cm³/mol. The van der Waals surface area contributed by atoms with Gasteiger partial charge in [-0.3, -0.25) is 4.68 Å². The summed E-state index contributed by atoms with van der Waals surface area (Å²) < 4.78 is 27.7. The van der Waals surface area contributed by atoms with Crippen LogP contribution >= 0.6 is 0 Å². The second-order valence-corrected chi connectivity index (χ2v) is 5.05. The number of aryl methyl sites for hydroxylation is 2. The van der Waals surface area contributed by atoms with Gasteiger partial charge in [0.25, 0.3) is 0 Å². The molecule has 0 saturated heterocycles. The summed E-state index contributed by atoms with van der Waals surface area (Å²) in [6.07, 6.45) is 0.0608. The van der Waals surface area contributed by atoms with Gasteiger partial charge in [-0.05, 0) is 31.7 Å². The molecule has 3 nitrogen and oxygen atoms in total. The number of halogens is 2. The average Bonchev–Trinajstić information content (AvgIpc) is 2.69. The van der Waals surface area contributed by atoms with Crippen LogP contribution in [0.3, 0.4) is 0 Å². The Bertz CT molecular complexity index is 403. The van der Waals surface area contributed by atoms with Crippen molar-refractivity contribution in [3.8, 4) is 0 Å². The highest BCUT2D eigenvalue weighted by Crippen LogP contribution is 2.42. The van der Waals surface area contributed by atoms with E-state index in [1.165, 1.54) is 0 Å². The number of hydrogen-bond donors (Lipinski definition) is 1. The fraction of sp³-hybridized carbons (Fsp3) is 0.750. The van der Waals surface area contributed by atoms with Gasteiger partial charge in [0.05, 0.1) is 17.5 Å². The lowest BCUT2D eigenvalue weighted by molar-refractivity contribution is 0.00238. The summed E-state index contributed by atoms with van der Waals surface area (Å²) >= 11 is 0. The van der Waals surface area contributed by atoms with E-state index in [2.05, 4.69) is 5.10 Å². The number of nitrogens with zero attached hydrogens (tertiary/aromatic N) is 2. The third-order valence-corrected chi connectivity index (χ3v) is 3.44. The summed E-state index contributed by atoms with van der Waals surface area (Å²) in [7, 11) is 1.76. The molecule has 5 heteroatoms. The predicted octanol–water partition coefficient (Wildman–Crippen LogP) is 2.59. The van der Waals surface area contributed by atoms with Crippen LogP contribution in [-0.4, -0.2) is 20.8 Å². The molecule has 1 aromatic heterocycles. The van der Waals surface area contributed by atoms with Crippen LogP contribution in [0, 0.1) is 12.8 Å². The molecule has 0 aliphatic heterocycles. The molecular formula is C12H18F2N2O. The number of alkyl halides is 2. The molecule has 2 rings (SSSR count). The lowest BCUT2D eigenvalue weighted by Gasteiger charge is -2.15. The van der Waals surface area contributed by atoms with E-state index in [4.69, 9.17) is 0 Å². The van der Waals surface area contributed by atoms with Crippen molar-refractivity contribution in [2.24, 2.45) is 13.0 Å². The number of aromatic nitrogens is 2. The summed E-state index contributed by atoms with van der Waals surface area (Å²) in [5.41, 5.74) is 1.54. The molecular weight excluding hydrogens is 226 g/mol. The van der Waals surface area contributed by atoms with Crippen molar-refractivity contribution in [1.29, 1.82) is 0 Å². The normalized spacial score (nSPS) is 25.1. The van der Waals surface area contributed by atoms with Crippen LogP contribution in [0.25, 0.3) is 0 Å². The Labute approximate surface area is 99.4 Å². The second kappa shape index (κ2) is 4.37. The van der Waals surface area contributed by atoms with Crippen LogP contribution in [0.4, 0.5) is 8.78 Å². The number of rotatable bonds is 3. The molecule has 0 radical (unpaired) electrons. The summed E-state index contributed by atoms with van der Waals surface area (Å²) in [5.74, 6) is -2.62. The molecule has 17 heavy (non-hydrogen) atoms. The molecule has 1 heterocycles. The molecule has 0 bridgehead atoms. The summed E-state index contributed by atoms with van der Waals surface area (Å²) in [6.45, 7) is 1.85. The Kier molecular flexibility index (Phi) is 3.21. The molecule has 1 aliphatic carbocycles. The van der Waals surface area contributed by atoms with E-state index < -0.39 is 12.0 Å². The van der Waals surface area contributed by atoms with Gasteiger partial charge in [-0.2, -0.15) is 5.10 Å². The Balaban J connectivity index is 1.98. The first kappa shape index (κ1) is 12.5. The Morgan fingerprint density at radius 1 is 1.65 bits per heavy atom. The van der Waals surface area contributed by atoms with Crippen LogP contribution in [0.1, 0.15) is 43.2 Å². The van der Waals surface area contributed by atoms with Crippen molar-refractivity contribution in [1.82, 2.24) is 9.78 Å². The highest BCUT2D eigenvalue weighted by Gasteiger charge is 2.40. The van der Waals surface area contributed by atoms with E-state index in [-0.39, 0.29) is 18.8 Å². The maximum absolute atomic E-state index is 13.0. The van der Waals surface area contributed by atoms with E-state index in [9.17, 15) is 13.9 Å². The van der Waals surface area contributed by atoms with E-state index in [0.717, 1.165) is 5.69 Å². The molecule has 1 aliphatic rings. The third kappa shape index (κ3) is 2.83. The molecule has 1 aromatic rings. The molecule has 1 saturated carbocycles. The van der Waals surface area contributed by atoms with E-state index in [0.29, 0.717) is 18.5 Å². The Hall–Kier alpha value is -0.970. The zero-order valence-corrected chi connectivity index (χ0v) is 10.2. The molecule has 0 spiro atoms. The van der Waals surface area contributed by atoms with Crippen molar-refractivity contribution in [2.75, 3.05) is 0 Å². The van der Waals surface area contributed by atoms with Gasteiger partial charge < -0.3 is 5.11 Å². The SMILES string of the molecule is Cc1cc(C(O)CC2CCC(F)(F)C2)n(C)n1. The van der Waals surface area contributed by atoms with Crippen LogP contribution < -0.4 is 0 Å². The fourth-order valence-corrected chi connectivity index (χ4v) is 2.62. The summed E-state index contributed by atoms with van der Waals surface area (Å²) in [4.78, 5) is 0. The minimum Gasteiger partial charge on any atom is -0.387 e. The average molecular weight is 244 g/mol.